The molecule has 2 aromatic rings. The number of amides is 1. The molecule has 0 radical (unpaired) electrons. The maximum atomic E-state index is 13.4. The smallest absolute Gasteiger partial charge is 0.239 e. The highest BCUT2D eigenvalue weighted by Crippen LogP contribution is 2.19. The minimum absolute atomic E-state index is 0.00983. The van der Waals surface area contributed by atoms with E-state index in [1.807, 2.05) is 30.3 Å². The van der Waals surface area contributed by atoms with Gasteiger partial charge < -0.3 is 10.6 Å². The number of nitrogens with one attached hydrogen (secondary N) is 2. The molecule has 5 heteroatoms. The molecule has 104 valence electrons. The van der Waals surface area contributed by atoms with Crippen LogP contribution in [0.15, 0.2) is 48.5 Å². The lowest BCUT2D eigenvalue weighted by atomic mass is 10.2. The van der Waals surface area contributed by atoms with Crippen LogP contribution in [0.3, 0.4) is 0 Å². The fraction of sp³-hybridized carbons (Fsp3) is 0.133. The SMILES string of the molecule is O=C(CNc1cc(Cl)ccc1F)NCc1ccccc1. The molecule has 2 aromatic carbocycles. The van der Waals surface area contributed by atoms with Crippen LogP contribution < -0.4 is 10.6 Å². The van der Waals surface area contributed by atoms with Crippen molar-refractivity contribution in [3.05, 3.63) is 64.9 Å². The number of hydrogen-bond donors (Lipinski definition) is 2. The minimum Gasteiger partial charge on any atom is -0.374 e. The van der Waals surface area contributed by atoms with Gasteiger partial charge in [0, 0.05) is 11.6 Å². The standard InChI is InChI=1S/C15H14ClFN2O/c16-12-6-7-13(17)14(8-12)18-10-15(20)19-9-11-4-2-1-3-5-11/h1-8,18H,9-10H2,(H,19,20). The fourth-order valence-corrected chi connectivity index (χ4v) is 1.84. The first-order valence-corrected chi connectivity index (χ1v) is 6.52. The predicted octanol–water partition coefficient (Wildman–Crippen LogP) is 3.21. The topological polar surface area (TPSA) is 41.1 Å². The van der Waals surface area contributed by atoms with Gasteiger partial charge in [-0.15, -0.1) is 0 Å². The second-order valence-corrected chi connectivity index (χ2v) is 4.68. The average molecular weight is 293 g/mol. The lowest BCUT2D eigenvalue weighted by Gasteiger charge is -2.09. The zero-order chi connectivity index (χ0) is 14.4. The number of benzene rings is 2. The minimum atomic E-state index is -0.440. The zero-order valence-electron chi connectivity index (χ0n) is 10.7. The number of carbonyl (C=O) groups excluding carboxylic acids is 1. The Labute approximate surface area is 121 Å². The quantitative estimate of drug-likeness (QED) is 0.888. The Balaban J connectivity index is 1.82. The molecule has 0 aliphatic carbocycles. The molecular weight excluding hydrogens is 279 g/mol. The molecule has 0 atom stereocenters. The van der Waals surface area contributed by atoms with Crippen LogP contribution in [0.25, 0.3) is 0 Å². The van der Waals surface area contributed by atoms with Crippen LogP contribution in [0.4, 0.5) is 10.1 Å². The van der Waals surface area contributed by atoms with E-state index in [2.05, 4.69) is 10.6 Å². The third-order valence-electron chi connectivity index (χ3n) is 2.70. The Hall–Kier alpha value is -2.07. The monoisotopic (exact) mass is 292 g/mol. The fourth-order valence-electron chi connectivity index (χ4n) is 1.67. The van der Waals surface area contributed by atoms with Crippen LogP contribution in [0, 0.1) is 5.82 Å². The molecule has 0 bridgehead atoms. The van der Waals surface area contributed by atoms with E-state index in [1.54, 1.807) is 0 Å². The number of hydrogen-bond acceptors (Lipinski definition) is 2. The number of anilines is 1. The Morgan fingerprint density at radius 3 is 2.65 bits per heavy atom. The highest BCUT2D eigenvalue weighted by Gasteiger charge is 2.05. The van der Waals surface area contributed by atoms with E-state index in [9.17, 15) is 9.18 Å². The molecule has 3 nitrogen and oxygen atoms in total. The maximum absolute atomic E-state index is 13.4. The first-order valence-electron chi connectivity index (χ1n) is 6.15. The molecular formula is C15H14ClFN2O. The van der Waals surface area contributed by atoms with Crippen molar-refractivity contribution in [2.75, 3.05) is 11.9 Å². The van der Waals surface area contributed by atoms with E-state index >= 15 is 0 Å². The molecule has 1 amide bonds. The van der Waals surface area contributed by atoms with Crippen LogP contribution in [-0.2, 0) is 11.3 Å². The summed E-state index contributed by atoms with van der Waals surface area (Å²) in [6.07, 6.45) is 0. The van der Waals surface area contributed by atoms with E-state index in [4.69, 9.17) is 11.6 Å². The summed E-state index contributed by atoms with van der Waals surface area (Å²) in [4.78, 5) is 11.7. The Bertz CT molecular complexity index is 590. The van der Waals surface area contributed by atoms with Gasteiger partial charge in [0.2, 0.25) is 5.91 Å². The van der Waals surface area contributed by atoms with E-state index in [0.717, 1.165) is 5.56 Å². The van der Waals surface area contributed by atoms with Crippen molar-refractivity contribution >= 4 is 23.2 Å². The number of halogens is 2. The summed E-state index contributed by atoms with van der Waals surface area (Å²) in [7, 11) is 0. The lowest BCUT2D eigenvalue weighted by molar-refractivity contribution is -0.119. The second-order valence-electron chi connectivity index (χ2n) is 4.24. The van der Waals surface area contributed by atoms with Gasteiger partial charge >= 0.3 is 0 Å². The number of rotatable bonds is 5. The van der Waals surface area contributed by atoms with Crippen LogP contribution in [0.2, 0.25) is 5.02 Å². The third kappa shape index (κ3) is 4.24. The van der Waals surface area contributed by atoms with E-state index in [-0.39, 0.29) is 18.1 Å². The predicted molar refractivity (Wildman–Crippen MR) is 78.2 cm³/mol. The van der Waals surface area contributed by atoms with Crippen molar-refractivity contribution in [1.29, 1.82) is 0 Å². The first-order chi connectivity index (χ1) is 9.65. The van der Waals surface area contributed by atoms with Gasteiger partial charge in [0.05, 0.1) is 12.2 Å². The van der Waals surface area contributed by atoms with Crippen LogP contribution in [-0.4, -0.2) is 12.5 Å². The summed E-state index contributed by atoms with van der Waals surface area (Å²) in [5.41, 5.74) is 1.22. The molecule has 0 saturated heterocycles. The summed E-state index contributed by atoms with van der Waals surface area (Å²) in [5.74, 6) is -0.654. The van der Waals surface area contributed by atoms with Crippen molar-refractivity contribution in [2.45, 2.75) is 6.54 Å². The van der Waals surface area contributed by atoms with Gasteiger partial charge in [-0.3, -0.25) is 4.79 Å². The Morgan fingerprint density at radius 1 is 1.15 bits per heavy atom. The van der Waals surface area contributed by atoms with Crippen LogP contribution in [0.5, 0.6) is 0 Å². The Morgan fingerprint density at radius 2 is 1.90 bits per heavy atom. The molecule has 0 fully saturated rings. The van der Waals surface area contributed by atoms with E-state index in [1.165, 1.54) is 18.2 Å². The highest BCUT2D eigenvalue weighted by molar-refractivity contribution is 6.30. The van der Waals surface area contributed by atoms with Crippen LogP contribution >= 0.6 is 11.6 Å². The van der Waals surface area contributed by atoms with Crippen molar-refractivity contribution in [3.8, 4) is 0 Å². The molecule has 0 aromatic heterocycles. The number of carbonyl (C=O) groups is 1. The molecule has 0 aliphatic rings. The lowest BCUT2D eigenvalue weighted by Crippen LogP contribution is -2.29. The molecule has 2 N–H and O–H groups in total. The molecule has 0 saturated carbocycles. The second kappa shape index (κ2) is 6.91. The molecule has 20 heavy (non-hydrogen) atoms. The normalized spacial score (nSPS) is 10.1. The average Bonchev–Trinajstić information content (AvgIpc) is 2.47. The van der Waals surface area contributed by atoms with E-state index in [0.29, 0.717) is 11.6 Å². The summed E-state index contributed by atoms with van der Waals surface area (Å²) in [6.45, 7) is 0.434. The zero-order valence-corrected chi connectivity index (χ0v) is 11.5. The van der Waals surface area contributed by atoms with Gasteiger partial charge in [0.15, 0.2) is 0 Å². The largest absolute Gasteiger partial charge is 0.374 e. The third-order valence-corrected chi connectivity index (χ3v) is 2.94. The van der Waals surface area contributed by atoms with Crippen molar-refractivity contribution < 1.29 is 9.18 Å². The summed E-state index contributed by atoms with van der Waals surface area (Å²) in [5, 5.41) is 5.88. The first kappa shape index (κ1) is 14.3. The summed E-state index contributed by atoms with van der Waals surface area (Å²) >= 11 is 5.77. The molecule has 0 spiro atoms. The van der Waals surface area contributed by atoms with Gasteiger partial charge in [-0.1, -0.05) is 41.9 Å². The summed E-state index contributed by atoms with van der Waals surface area (Å²) < 4.78 is 13.4. The molecule has 2 rings (SSSR count). The molecule has 0 unspecified atom stereocenters. The van der Waals surface area contributed by atoms with Gasteiger partial charge in [0.1, 0.15) is 5.82 Å². The molecule has 0 heterocycles. The van der Waals surface area contributed by atoms with Crippen LogP contribution in [0.1, 0.15) is 5.56 Å². The van der Waals surface area contributed by atoms with E-state index < -0.39 is 5.82 Å². The van der Waals surface area contributed by atoms with Crippen molar-refractivity contribution in [1.82, 2.24) is 5.32 Å². The summed E-state index contributed by atoms with van der Waals surface area (Å²) in [6, 6.07) is 13.7. The highest BCUT2D eigenvalue weighted by atomic mass is 35.5. The van der Waals surface area contributed by atoms with Gasteiger partial charge in [-0.2, -0.15) is 0 Å². The van der Waals surface area contributed by atoms with Gasteiger partial charge in [-0.05, 0) is 23.8 Å². The van der Waals surface area contributed by atoms with Gasteiger partial charge in [-0.25, -0.2) is 4.39 Å². The maximum Gasteiger partial charge on any atom is 0.239 e. The van der Waals surface area contributed by atoms with Gasteiger partial charge in [0.25, 0.3) is 0 Å². The molecule has 0 aliphatic heterocycles. The Kier molecular flexibility index (Phi) is 4.96. The van der Waals surface area contributed by atoms with Crippen molar-refractivity contribution in [2.24, 2.45) is 0 Å². The van der Waals surface area contributed by atoms with Crippen molar-refractivity contribution in [3.63, 3.8) is 0 Å².